The van der Waals surface area contributed by atoms with Gasteiger partial charge in [0.1, 0.15) is 5.82 Å². The maximum atomic E-state index is 13.2. The SMILES string of the molecule is O=C(CN1CCN(c2cc(=O)n(-c3ccccc3)c3ccccc23)CC1)Nc1ccc(F)cc1. The highest BCUT2D eigenvalue weighted by atomic mass is 19.1. The number of rotatable bonds is 5. The minimum absolute atomic E-state index is 0.0685. The van der Waals surface area contributed by atoms with Gasteiger partial charge in [0.05, 0.1) is 17.7 Å². The molecule has 1 amide bonds. The predicted octanol–water partition coefficient (Wildman–Crippen LogP) is 3.89. The fourth-order valence-electron chi connectivity index (χ4n) is 4.45. The molecule has 0 aliphatic carbocycles. The van der Waals surface area contributed by atoms with Gasteiger partial charge < -0.3 is 10.2 Å². The third-order valence-corrected chi connectivity index (χ3v) is 6.12. The molecule has 0 radical (unpaired) electrons. The minimum atomic E-state index is -0.335. The largest absolute Gasteiger partial charge is 0.368 e. The zero-order valence-electron chi connectivity index (χ0n) is 18.7. The van der Waals surface area contributed by atoms with Crippen molar-refractivity contribution in [1.82, 2.24) is 9.47 Å². The molecule has 1 aliphatic heterocycles. The zero-order chi connectivity index (χ0) is 23.5. The molecule has 1 aromatic heterocycles. The third kappa shape index (κ3) is 4.56. The second-order valence-electron chi connectivity index (χ2n) is 8.37. The summed E-state index contributed by atoms with van der Waals surface area (Å²) in [6.07, 6.45) is 0. The van der Waals surface area contributed by atoms with Crippen molar-refractivity contribution >= 4 is 28.2 Å². The Morgan fingerprint density at radius 3 is 2.26 bits per heavy atom. The second kappa shape index (κ2) is 9.49. The first-order chi connectivity index (χ1) is 16.6. The number of fused-ring (bicyclic) bond motifs is 1. The number of hydrogen-bond acceptors (Lipinski definition) is 4. The standard InChI is InChI=1S/C27H25FN4O2/c28-20-10-12-21(13-11-20)29-26(33)19-30-14-16-31(17-15-30)25-18-27(34)32(22-6-2-1-3-7-22)24-9-5-4-8-23(24)25/h1-13,18H,14-17,19H2,(H,29,33). The van der Waals surface area contributed by atoms with Crippen LogP contribution in [0.1, 0.15) is 0 Å². The Morgan fingerprint density at radius 1 is 0.853 bits per heavy atom. The molecule has 3 aromatic carbocycles. The van der Waals surface area contributed by atoms with Gasteiger partial charge in [-0.2, -0.15) is 0 Å². The maximum absolute atomic E-state index is 13.2. The van der Waals surface area contributed by atoms with Crippen LogP contribution in [-0.4, -0.2) is 48.1 Å². The molecule has 4 aromatic rings. The van der Waals surface area contributed by atoms with Crippen molar-refractivity contribution in [1.29, 1.82) is 0 Å². The van der Waals surface area contributed by atoms with Gasteiger partial charge in [-0.3, -0.25) is 19.1 Å². The number of nitrogens with one attached hydrogen (secondary N) is 1. The number of pyridine rings is 1. The van der Waals surface area contributed by atoms with Gasteiger partial charge >= 0.3 is 0 Å². The Bertz CT molecular complexity index is 1360. The average molecular weight is 457 g/mol. The summed E-state index contributed by atoms with van der Waals surface area (Å²) in [5.74, 6) is -0.464. The van der Waals surface area contributed by atoms with E-state index < -0.39 is 0 Å². The zero-order valence-corrected chi connectivity index (χ0v) is 18.7. The minimum Gasteiger partial charge on any atom is -0.368 e. The van der Waals surface area contributed by atoms with Gasteiger partial charge in [-0.1, -0.05) is 36.4 Å². The molecular weight excluding hydrogens is 431 g/mol. The van der Waals surface area contributed by atoms with Crippen molar-refractivity contribution in [2.45, 2.75) is 0 Å². The molecule has 7 heteroatoms. The number of hydrogen-bond donors (Lipinski definition) is 1. The van der Waals surface area contributed by atoms with E-state index in [1.807, 2.05) is 54.6 Å². The topological polar surface area (TPSA) is 57.6 Å². The number of carbonyl (C=O) groups excluding carboxylic acids is 1. The first-order valence-corrected chi connectivity index (χ1v) is 11.3. The van der Waals surface area contributed by atoms with E-state index in [1.54, 1.807) is 22.8 Å². The molecule has 5 rings (SSSR count). The number of piperazine rings is 1. The molecule has 1 saturated heterocycles. The van der Waals surface area contributed by atoms with Gasteiger partial charge in [0, 0.05) is 49.0 Å². The van der Waals surface area contributed by atoms with Crippen molar-refractivity contribution in [3.05, 3.63) is 101 Å². The van der Waals surface area contributed by atoms with E-state index in [1.165, 1.54) is 12.1 Å². The monoisotopic (exact) mass is 456 g/mol. The lowest BCUT2D eigenvalue weighted by Crippen LogP contribution is -2.49. The molecular formula is C27H25FN4O2. The number of para-hydroxylation sites is 2. The second-order valence-corrected chi connectivity index (χ2v) is 8.37. The molecule has 0 spiro atoms. The van der Waals surface area contributed by atoms with Crippen LogP contribution < -0.4 is 15.8 Å². The van der Waals surface area contributed by atoms with Gasteiger partial charge in [-0.25, -0.2) is 4.39 Å². The number of halogens is 1. The number of carbonyl (C=O) groups is 1. The summed E-state index contributed by atoms with van der Waals surface area (Å²) in [7, 11) is 0. The summed E-state index contributed by atoms with van der Waals surface area (Å²) < 4.78 is 14.8. The summed E-state index contributed by atoms with van der Waals surface area (Å²) in [5, 5.41) is 3.83. The molecule has 1 aliphatic rings. The normalized spacial score (nSPS) is 14.3. The number of amides is 1. The molecule has 6 nitrogen and oxygen atoms in total. The maximum Gasteiger partial charge on any atom is 0.257 e. The van der Waals surface area contributed by atoms with Crippen molar-refractivity contribution in [2.24, 2.45) is 0 Å². The average Bonchev–Trinajstić information content (AvgIpc) is 2.86. The Morgan fingerprint density at radius 2 is 1.53 bits per heavy atom. The fraction of sp³-hybridized carbons (Fsp3) is 0.185. The quantitative estimate of drug-likeness (QED) is 0.495. The highest BCUT2D eigenvalue weighted by molar-refractivity contribution is 5.93. The van der Waals surface area contributed by atoms with Gasteiger partial charge in [-0.05, 0) is 42.5 Å². The van der Waals surface area contributed by atoms with Crippen molar-refractivity contribution in [3.8, 4) is 5.69 Å². The van der Waals surface area contributed by atoms with E-state index >= 15 is 0 Å². The number of aromatic nitrogens is 1. The summed E-state index contributed by atoms with van der Waals surface area (Å²) >= 11 is 0. The van der Waals surface area contributed by atoms with Crippen LogP contribution in [0.3, 0.4) is 0 Å². The summed E-state index contributed by atoms with van der Waals surface area (Å²) in [4.78, 5) is 29.9. The number of anilines is 2. The molecule has 172 valence electrons. The van der Waals surface area contributed by atoms with E-state index in [4.69, 9.17) is 0 Å². The predicted molar refractivity (Wildman–Crippen MR) is 133 cm³/mol. The van der Waals surface area contributed by atoms with E-state index in [0.717, 1.165) is 22.3 Å². The van der Waals surface area contributed by atoms with Gasteiger partial charge in [0.2, 0.25) is 5.91 Å². The molecule has 1 N–H and O–H groups in total. The van der Waals surface area contributed by atoms with Crippen molar-refractivity contribution < 1.29 is 9.18 Å². The summed E-state index contributed by atoms with van der Waals surface area (Å²) in [5.41, 5.74) is 3.14. The van der Waals surface area contributed by atoms with Crippen molar-refractivity contribution in [2.75, 3.05) is 42.9 Å². The van der Waals surface area contributed by atoms with Crippen LogP contribution in [0.4, 0.5) is 15.8 Å². The Balaban J connectivity index is 1.31. The first-order valence-electron chi connectivity index (χ1n) is 11.3. The van der Waals surface area contributed by atoms with Crippen LogP contribution in [0.2, 0.25) is 0 Å². The van der Waals surface area contributed by atoms with E-state index in [0.29, 0.717) is 31.9 Å². The van der Waals surface area contributed by atoms with Gasteiger partial charge in [-0.15, -0.1) is 0 Å². The Hall–Kier alpha value is -3.97. The molecule has 0 unspecified atom stereocenters. The summed E-state index contributed by atoms with van der Waals surface area (Å²) in [6.45, 7) is 3.09. The molecule has 2 heterocycles. The highest BCUT2D eigenvalue weighted by Gasteiger charge is 2.22. The lowest BCUT2D eigenvalue weighted by Gasteiger charge is -2.36. The van der Waals surface area contributed by atoms with Crippen LogP contribution in [0.25, 0.3) is 16.6 Å². The Labute approximate surface area is 196 Å². The third-order valence-electron chi connectivity index (χ3n) is 6.12. The number of nitrogens with zero attached hydrogens (tertiary/aromatic N) is 3. The van der Waals surface area contributed by atoms with Crippen LogP contribution in [0.5, 0.6) is 0 Å². The highest BCUT2D eigenvalue weighted by Crippen LogP contribution is 2.27. The lowest BCUT2D eigenvalue weighted by molar-refractivity contribution is -0.117. The van der Waals surface area contributed by atoms with Gasteiger partial charge in [0.15, 0.2) is 0 Å². The Kier molecular flexibility index (Phi) is 6.10. The molecule has 34 heavy (non-hydrogen) atoms. The summed E-state index contributed by atoms with van der Waals surface area (Å²) in [6, 6.07) is 25.1. The van der Waals surface area contributed by atoms with Crippen LogP contribution in [-0.2, 0) is 4.79 Å². The van der Waals surface area contributed by atoms with E-state index in [2.05, 4.69) is 15.1 Å². The lowest BCUT2D eigenvalue weighted by atomic mass is 10.1. The fourth-order valence-corrected chi connectivity index (χ4v) is 4.45. The van der Waals surface area contributed by atoms with Crippen LogP contribution >= 0.6 is 0 Å². The number of benzene rings is 3. The van der Waals surface area contributed by atoms with Gasteiger partial charge in [0.25, 0.3) is 5.56 Å². The first kappa shape index (κ1) is 21.9. The van der Waals surface area contributed by atoms with Crippen molar-refractivity contribution in [3.63, 3.8) is 0 Å². The van der Waals surface area contributed by atoms with E-state index in [-0.39, 0.29) is 23.8 Å². The molecule has 0 bridgehead atoms. The van der Waals surface area contributed by atoms with Crippen LogP contribution in [0, 0.1) is 5.82 Å². The molecule has 1 fully saturated rings. The van der Waals surface area contributed by atoms with Crippen LogP contribution in [0.15, 0.2) is 89.7 Å². The van der Waals surface area contributed by atoms with E-state index in [9.17, 15) is 14.0 Å². The molecule has 0 saturated carbocycles. The smallest absolute Gasteiger partial charge is 0.257 e. The molecule has 0 atom stereocenters.